The van der Waals surface area contributed by atoms with E-state index in [1.165, 1.54) is 0 Å². The van der Waals surface area contributed by atoms with Crippen LogP contribution in [0.3, 0.4) is 0 Å². The van der Waals surface area contributed by atoms with E-state index in [0.717, 1.165) is 10.9 Å². The number of H-pyrrole nitrogens is 1. The molecule has 2 atom stereocenters. The van der Waals surface area contributed by atoms with Crippen LogP contribution >= 0.6 is 0 Å². The van der Waals surface area contributed by atoms with Gasteiger partial charge in [-0.25, -0.2) is 0 Å². The molecular formula is C11H13N5O2. The van der Waals surface area contributed by atoms with Crippen LogP contribution in [0.25, 0.3) is 21.3 Å². The number of azide groups is 1. The normalized spacial score (nSPS) is 14.1. The van der Waals surface area contributed by atoms with Crippen molar-refractivity contribution >= 4 is 10.9 Å². The van der Waals surface area contributed by atoms with Crippen LogP contribution in [0.2, 0.25) is 0 Å². The second-order valence-electron chi connectivity index (χ2n) is 3.93. The number of aliphatic hydroxyl groups is 2. The third-order valence-electron chi connectivity index (χ3n) is 2.79. The van der Waals surface area contributed by atoms with Crippen molar-refractivity contribution in [2.45, 2.75) is 18.6 Å². The summed E-state index contributed by atoms with van der Waals surface area (Å²) in [7, 11) is 0. The van der Waals surface area contributed by atoms with Crippen LogP contribution in [0.5, 0.6) is 0 Å². The first-order valence-corrected chi connectivity index (χ1v) is 5.53. The van der Waals surface area contributed by atoms with Gasteiger partial charge in [0.2, 0.25) is 0 Å². The summed E-state index contributed by atoms with van der Waals surface area (Å²) in [6.45, 7) is 0.149. The van der Waals surface area contributed by atoms with Gasteiger partial charge in [0.25, 0.3) is 0 Å². The van der Waals surface area contributed by atoms with Gasteiger partial charge in [0.1, 0.15) is 6.10 Å². The molecule has 0 aliphatic heterocycles. The van der Waals surface area contributed by atoms with Gasteiger partial charge in [0.05, 0.1) is 17.8 Å². The van der Waals surface area contributed by atoms with Crippen molar-refractivity contribution in [3.63, 3.8) is 0 Å². The fourth-order valence-corrected chi connectivity index (χ4v) is 1.85. The maximum absolute atomic E-state index is 10.1. The lowest BCUT2D eigenvalue weighted by Gasteiger charge is -2.17. The number of nitrogens with zero attached hydrogens (tertiary/aromatic N) is 4. The van der Waals surface area contributed by atoms with E-state index in [0.29, 0.717) is 5.56 Å². The highest BCUT2D eigenvalue weighted by atomic mass is 16.3. The molecule has 7 heteroatoms. The van der Waals surface area contributed by atoms with Crippen LogP contribution < -0.4 is 0 Å². The lowest BCUT2D eigenvalue weighted by atomic mass is 9.99. The molecule has 94 valence electrons. The monoisotopic (exact) mass is 247 g/mol. The summed E-state index contributed by atoms with van der Waals surface area (Å²) in [5.41, 5.74) is 9.56. The quantitative estimate of drug-likeness (QED) is 0.423. The molecule has 2 aromatic rings. The summed E-state index contributed by atoms with van der Waals surface area (Å²) in [5.74, 6) is 0. The summed E-state index contributed by atoms with van der Waals surface area (Å²) in [6, 6.07) is 5.35. The molecule has 2 rings (SSSR count). The number of aliphatic hydroxyl groups excluding tert-OH is 2. The molecule has 1 heterocycles. The first kappa shape index (κ1) is 12.4. The summed E-state index contributed by atoms with van der Waals surface area (Å²) >= 11 is 0. The summed E-state index contributed by atoms with van der Waals surface area (Å²) < 4.78 is 0. The van der Waals surface area contributed by atoms with Crippen LogP contribution in [0.1, 0.15) is 18.1 Å². The van der Waals surface area contributed by atoms with Gasteiger partial charge < -0.3 is 10.2 Å². The average molecular weight is 247 g/mol. The predicted molar refractivity (Wildman–Crippen MR) is 65.7 cm³/mol. The molecule has 3 N–H and O–H groups in total. The van der Waals surface area contributed by atoms with Crippen molar-refractivity contribution in [2.24, 2.45) is 5.11 Å². The maximum Gasteiger partial charge on any atom is 0.106 e. The Morgan fingerprint density at radius 3 is 3.06 bits per heavy atom. The third-order valence-corrected chi connectivity index (χ3v) is 2.79. The molecule has 0 fully saturated rings. The molecule has 1 aromatic carbocycles. The number of nitrogens with one attached hydrogen (secondary N) is 1. The standard InChI is InChI=1S/C11H13N5O2/c12-16-13-5-4-10(17)11(18)7-2-1-3-9-8(7)6-14-15-9/h1-3,6,10-11,17-18H,4-5H2,(H,14,15). The average Bonchev–Trinajstić information content (AvgIpc) is 2.86. The fraction of sp³-hybridized carbons (Fsp3) is 0.364. The van der Waals surface area contributed by atoms with Gasteiger partial charge >= 0.3 is 0 Å². The molecule has 0 spiro atoms. The van der Waals surface area contributed by atoms with Gasteiger partial charge in [-0.2, -0.15) is 5.10 Å². The summed E-state index contributed by atoms with van der Waals surface area (Å²) in [5, 5.41) is 30.7. The molecule has 1 aromatic heterocycles. The minimum atomic E-state index is -1.03. The first-order valence-electron chi connectivity index (χ1n) is 5.53. The minimum absolute atomic E-state index is 0.149. The molecule has 0 radical (unpaired) electrons. The molecular weight excluding hydrogens is 234 g/mol. The lowest BCUT2D eigenvalue weighted by Crippen LogP contribution is -2.19. The minimum Gasteiger partial charge on any atom is -0.390 e. The van der Waals surface area contributed by atoms with Crippen LogP contribution in [0.15, 0.2) is 29.5 Å². The highest BCUT2D eigenvalue weighted by Crippen LogP contribution is 2.26. The Hall–Kier alpha value is -2.08. The summed E-state index contributed by atoms with van der Waals surface area (Å²) in [6.07, 6.45) is -0.191. The zero-order valence-electron chi connectivity index (χ0n) is 9.56. The van der Waals surface area contributed by atoms with Gasteiger partial charge in [0, 0.05) is 16.8 Å². The van der Waals surface area contributed by atoms with Crippen molar-refractivity contribution in [1.29, 1.82) is 0 Å². The number of aromatic amines is 1. The van der Waals surface area contributed by atoms with Crippen LogP contribution in [0.4, 0.5) is 0 Å². The number of hydrogen-bond donors (Lipinski definition) is 3. The summed E-state index contributed by atoms with van der Waals surface area (Å²) in [4.78, 5) is 2.60. The van der Waals surface area contributed by atoms with E-state index >= 15 is 0 Å². The lowest BCUT2D eigenvalue weighted by molar-refractivity contribution is 0.0159. The van der Waals surface area contributed by atoms with E-state index in [2.05, 4.69) is 20.2 Å². The molecule has 0 amide bonds. The van der Waals surface area contributed by atoms with E-state index in [-0.39, 0.29) is 13.0 Å². The SMILES string of the molecule is [N-]=[N+]=NCCC(O)C(O)c1cccc2[nH]ncc12. The molecule has 0 saturated carbocycles. The molecule has 0 aliphatic rings. The highest BCUT2D eigenvalue weighted by Gasteiger charge is 2.20. The van der Waals surface area contributed by atoms with Crippen LogP contribution in [0, 0.1) is 0 Å². The molecule has 0 bridgehead atoms. The van der Waals surface area contributed by atoms with Gasteiger partial charge in [-0.15, -0.1) is 0 Å². The Bertz CT molecular complexity index is 576. The Kier molecular flexibility index (Phi) is 3.78. The second kappa shape index (κ2) is 5.50. The Morgan fingerprint density at radius 1 is 1.44 bits per heavy atom. The third kappa shape index (κ3) is 2.43. The van der Waals surface area contributed by atoms with Crippen LogP contribution in [-0.4, -0.2) is 33.1 Å². The molecule has 0 saturated heterocycles. The zero-order valence-corrected chi connectivity index (χ0v) is 9.56. The van der Waals surface area contributed by atoms with Gasteiger partial charge in [-0.05, 0) is 23.6 Å². The first-order chi connectivity index (χ1) is 8.74. The number of aromatic nitrogens is 2. The van der Waals surface area contributed by atoms with E-state index in [1.54, 1.807) is 18.3 Å². The number of fused-ring (bicyclic) bond motifs is 1. The molecule has 18 heavy (non-hydrogen) atoms. The Balaban J connectivity index is 2.19. The zero-order chi connectivity index (χ0) is 13.0. The topological polar surface area (TPSA) is 118 Å². The van der Waals surface area contributed by atoms with Gasteiger partial charge in [-0.1, -0.05) is 17.2 Å². The van der Waals surface area contributed by atoms with Crippen molar-refractivity contribution in [3.8, 4) is 0 Å². The molecule has 0 aliphatic carbocycles. The van der Waals surface area contributed by atoms with Crippen LogP contribution in [-0.2, 0) is 0 Å². The predicted octanol–water partition coefficient (Wildman–Crippen LogP) is 1.66. The van der Waals surface area contributed by atoms with E-state index in [9.17, 15) is 10.2 Å². The van der Waals surface area contributed by atoms with Crippen molar-refractivity contribution in [1.82, 2.24) is 10.2 Å². The maximum atomic E-state index is 10.1. The number of benzene rings is 1. The second-order valence-corrected chi connectivity index (χ2v) is 3.93. The largest absolute Gasteiger partial charge is 0.390 e. The van der Waals surface area contributed by atoms with E-state index in [4.69, 9.17) is 5.53 Å². The number of rotatable bonds is 5. The van der Waals surface area contributed by atoms with Crippen molar-refractivity contribution < 1.29 is 10.2 Å². The Morgan fingerprint density at radius 2 is 2.28 bits per heavy atom. The molecule has 2 unspecified atom stereocenters. The van der Waals surface area contributed by atoms with Crippen molar-refractivity contribution in [2.75, 3.05) is 6.54 Å². The fourth-order valence-electron chi connectivity index (χ4n) is 1.85. The van der Waals surface area contributed by atoms with E-state index in [1.807, 2.05) is 6.07 Å². The van der Waals surface area contributed by atoms with E-state index < -0.39 is 12.2 Å². The Labute approximate surface area is 103 Å². The highest BCUT2D eigenvalue weighted by molar-refractivity contribution is 5.81. The van der Waals surface area contributed by atoms with Gasteiger partial charge in [-0.3, -0.25) is 5.10 Å². The van der Waals surface area contributed by atoms with Crippen molar-refractivity contribution in [3.05, 3.63) is 40.4 Å². The molecule has 7 nitrogen and oxygen atoms in total. The number of hydrogen-bond acceptors (Lipinski definition) is 4. The van der Waals surface area contributed by atoms with Gasteiger partial charge in [0.15, 0.2) is 0 Å². The smallest absolute Gasteiger partial charge is 0.106 e.